The number of hydrogen-bond acceptors (Lipinski definition) is 3. The van der Waals surface area contributed by atoms with Crippen LogP contribution in [-0.4, -0.2) is 25.4 Å². The fourth-order valence-corrected chi connectivity index (χ4v) is 2.22. The summed E-state index contributed by atoms with van der Waals surface area (Å²) in [7, 11) is 1.53. The Balaban J connectivity index is 2.04. The van der Waals surface area contributed by atoms with Crippen molar-refractivity contribution >= 4 is 0 Å². The molecule has 0 saturated carbocycles. The van der Waals surface area contributed by atoms with Gasteiger partial charge >= 0.3 is 0 Å². The van der Waals surface area contributed by atoms with Crippen LogP contribution in [0.25, 0.3) is 0 Å². The number of methoxy groups -OCH3 is 1. The van der Waals surface area contributed by atoms with Crippen molar-refractivity contribution in [2.45, 2.75) is 12.1 Å². The fraction of sp³-hybridized carbons (Fsp3) is 0.294. The lowest BCUT2D eigenvalue weighted by Crippen LogP contribution is -2.29. The molecule has 0 aliphatic heterocycles. The average molecular weight is 307 g/mol. The fourth-order valence-electron chi connectivity index (χ4n) is 2.22. The summed E-state index contributed by atoms with van der Waals surface area (Å²) in [6.07, 6.45) is -0.689. The van der Waals surface area contributed by atoms with Gasteiger partial charge in [-0.25, -0.2) is 8.78 Å². The Kier molecular flexibility index (Phi) is 6.00. The van der Waals surface area contributed by atoms with Gasteiger partial charge in [0.2, 0.25) is 0 Å². The molecule has 0 aliphatic carbocycles. The van der Waals surface area contributed by atoms with E-state index in [1.165, 1.54) is 13.2 Å². The predicted octanol–water partition coefficient (Wildman–Crippen LogP) is 2.98. The molecule has 2 rings (SSSR count). The van der Waals surface area contributed by atoms with E-state index in [2.05, 4.69) is 5.32 Å². The molecule has 2 atom stereocenters. The molecule has 2 N–H and O–H groups in total. The molecule has 22 heavy (non-hydrogen) atoms. The SMILES string of the molecule is COCC(NCC(O)c1ccccc1)c1ccc(F)c(F)c1. The van der Waals surface area contributed by atoms with Crippen molar-refractivity contribution in [1.82, 2.24) is 5.32 Å². The number of benzene rings is 2. The Morgan fingerprint density at radius 2 is 1.77 bits per heavy atom. The molecule has 2 unspecified atom stereocenters. The average Bonchev–Trinajstić information content (AvgIpc) is 2.54. The number of aliphatic hydroxyl groups is 1. The van der Waals surface area contributed by atoms with Gasteiger partial charge < -0.3 is 15.2 Å². The number of rotatable bonds is 7. The van der Waals surface area contributed by atoms with Gasteiger partial charge in [0.15, 0.2) is 11.6 Å². The van der Waals surface area contributed by atoms with Crippen molar-refractivity contribution in [3.05, 3.63) is 71.3 Å². The van der Waals surface area contributed by atoms with E-state index in [9.17, 15) is 13.9 Å². The Labute approximate surface area is 128 Å². The van der Waals surface area contributed by atoms with Crippen LogP contribution in [0.15, 0.2) is 48.5 Å². The lowest BCUT2D eigenvalue weighted by atomic mass is 10.1. The predicted molar refractivity (Wildman–Crippen MR) is 80.4 cm³/mol. The zero-order chi connectivity index (χ0) is 15.9. The second-order valence-corrected chi connectivity index (χ2v) is 5.02. The van der Waals surface area contributed by atoms with Crippen LogP contribution in [0.2, 0.25) is 0 Å². The lowest BCUT2D eigenvalue weighted by molar-refractivity contribution is 0.139. The van der Waals surface area contributed by atoms with Gasteiger partial charge in [-0.2, -0.15) is 0 Å². The first-order valence-electron chi connectivity index (χ1n) is 7.02. The van der Waals surface area contributed by atoms with Crippen LogP contribution in [0.3, 0.4) is 0 Å². The summed E-state index contributed by atoms with van der Waals surface area (Å²) in [4.78, 5) is 0. The largest absolute Gasteiger partial charge is 0.387 e. The van der Waals surface area contributed by atoms with Crippen molar-refractivity contribution in [1.29, 1.82) is 0 Å². The van der Waals surface area contributed by atoms with Gasteiger partial charge in [-0.3, -0.25) is 0 Å². The second-order valence-electron chi connectivity index (χ2n) is 5.02. The number of nitrogens with one attached hydrogen (secondary N) is 1. The van der Waals surface area contributed by atoms with Crippen LogP contribution in [-0.2, 0) is 4.74 Å². The Morgan fingerprint density at radius 1 is 1.05 bits per heavy atom. The van der Waals surface area contributed by atoms with E-state index in [1.54, 1.807) is 0 Å². The third-order valence-corrected chi connectivity index (χ3v) is 3.42. The molecule has 0 fully saturated rings. The van der Waals surface area contributed by atoms with Crippen LogP contribution in [0.1, 0.15) is 23.3 Å². The third-order valence-electron chi connectivity index (χ3n) is 3.42. The van der Waals surface area contributed by atoms with E-state index in [0.29, 0.717) is 5.56 Å². The van der Waals surface area contributed by atoms with Crippen LogP contribution in [0.5, 0.6) is 0 Å². The quantitative estimate of drug-likeness (QED) is 0.826. The number of hydrogen-bond donors (Lipinski definition) is 2. The molecule has 3 nitrogen and oxygen atoms in total. The smallest absolute Gasteiger partial charge is 0.159 e. The molecule has 2 aromatic carbocycles. The first kappa shape index (κ1) is 16.5. The van der Waals surface area contributed by atoms with Crippen molar-refractivity contribution in [3.63, 3.8) is 0 Å². The van der Waals surface area contributed by atoms with Crippen LogP contribution in [0, 0.1) is 11.6 Å². The summed E-state index contributed by atoms with van der Waals surface area (Å²) in [6.45, 7) is 0.559. The molecule has 0 bridgehead atoms. The number of ether oxygens (including phenoxy) is 1. The zero-order valence-electron chi connectivity index (χ0n) is 12.3. The Bertz CT molecular complexity index is 592. The monoisotopic (exact) mass is 307 g/mol. The maximum Gasteiger partial charge on any atom is 0.159 e. The summed E-state index contributed by atoms with van der Waals surface area (Å²) in [6, 6.07) is 12.6. The Morgan fingerprint density at radius 3 is 2.41 bits per heavy atom. The number of halogens is 2. The molecule has 0 aromatic heterocycles. The van der Waals surface area contributed by atoms with Gasteiger partial charge in [0.25, 0.3) is 0 Å². The summed E-state index contributed by atoms with van der Waals surface area (Å²) in [5.74, 6) is -1.78. The standard InChI is InChI=1S/C17H19F2NO2/c1-22-11-16(13-7-8-14(18)15(19)9-13)20-10-17(21)12-5-3-2-4-6-12/h2-9,16-17,20-21H,10-11H2,1H3. The highest BCUT2D eigenvalue weighted by Gasteiger charge is 2.16. The summed E-state index contributed by atoms with van der Waals surface area (Å²) in [5.41, 5.74) is 1.36. The van der Waals surface area contributed by atoms with E-state index in [-0.39, 0.29) is 19.2 Å². The maximum absolute atomic E-state index is 13.4. The lowest BCUT2D eigenvalue weighted by Gasteiger charge is -2.21. The molecule has 0 spiro atoms. The van der Waals surface area contributed by atoms with Gasteiger partial charge in [-0.15, -0.1) is 0 Å². The highest BCUT2D eigenvalue weighted by Crippen LogP contribution is 2.18. The first-order chi connectivity index (χ1) is 10.6. The number of aliphatic hydroxyl groups excluding tert-OH is 1. The zero-order valence-corrected chi connectivity index (χ0v) is 12.3. The molecular weight excluding hydrogens is 288 g/mol. The van der Waals surface area contributed by atoms with Crippen LogP contribution >= 0.6 is 0 Å². The third kappa shape index (κ3) is 4.34. The summed E-state index contributed by atoms with van der Waals surface area (Å²) >= 11 is 0. The minimum absolute atomic E-state index is 0.275. The molecule has 118 valence electrons. The minimum Gasteiger partial charge on any atom is -0.387 e. The van der Waals surface area contributed by atoms with E-state index in [0.717, 1.165) is 17.7 Å². The summed E-state index contributed by atoms with van der Waals surface area (Å²) in [5, 5.41) is 13.3. The van der Waals surface area contributed by atoms with Crippen molar-refractivity contribution < 1.29 is 18.6 Å². The first-order valence-corrected chi connectivity index (χ1v) is 7.02. The minimum atomic E-state index is -0.899. The van der Waals surface area contributed by atoms with E-state index in [1.807, 2.05) is 30.3 Å². The summed E-state index contributed by atoms with van der Waals surface area (Å²) < 4.78 is 31.5. The van der Waals surface area contributed by atoms with E-state index < -0.39 is 17.7 Å². The van der Waals surface area contributed by atoms with Crippen LogP contribution < -0.4 is 5.32 Å². The van der Waals surface area contributed by atoms with Crippen LogP contribution in [0.4, 0.5) is 8.78 Å². The molecule has 0 amide bonds. The Hall–Kier alpha value is -1.82. The van der Waals surface area contributed by atoms with E-state index in [4.69, 9.17) is 4.74 Å². The van der Waals surface area contributed by atoms with Gasteiger partial charge in [0, 0.05) is 13.7 Å². The van der Waals surface area contributed by atoms with Gasteiger partial charge in [-0.1, -0.05) is 36.4 Å². The topological polar surface area (TPSA) is 41.5 Å². The van der Waals surface area contributed by atoms with Gasteiger partial charge in [-0.05, 0) is 23.3 Å². The molecular formula is C17H19F2NO2. The van der Waals surface area contributed by atoms with Crippen molar-refractivity contribution in [2.75, 3.05) is 20.3 Å². The van der Waals surface area contributed by atoms with Gasteiger partial charge in [0.05, 0.1) is 18.8 Å². The van der Waals surface area contributed by atoms with Gasteiger partial charge in [0.1, 0.15) is 0 Å². The second kappa shape index (κ2) is 7.98. The van der Waals surface area contributed by atoms with Crippen molar-refractivity contribution in [3.8, 4) is 0 Å². The normalized spacial score (nSPS) is 13.8. The van der Waals surface area contributed by atoms with Crippen molar-refractivity contribution in [2.24, 2.45) is 0 Å². The highest BCUT2D eigenvalue weighted by atomic mass is 19.2. The molecule has 0 radical (unpaired) electrons. The molecule has 0 heterocycles. The highest BCUT2D eigenvalue weighted by molar-refractivity contribution is 5.22. The molecule has 5 heteroatoms. The van der Waals surface area contributed by atoms with E-state index >= 15 is 0 Å². The molecule has 0 saturated heterocycles. The molecule has 2 aromatic rings. The molecule has 0 aliphatic rings. The maximum atomic E-state index is 13.4.